The molecular formula is C20H30F3N3O6. The quantitative estimate of drug-likeness (QED) is 0.611. The Kier molecular flexibility index (Phi) is 9.05. The van der Waals surface area contributed by atoms with Crippen molar-refractivity contribution in [3.63, 3.8) is 0 Å². The maximum Gasteiger partial charge on any atom is 0.490 e. The molecule has 182 valence electrons. The van der Waals surface area contributed by atoms with E-state index >= 15 is 0 Å². The van der Waals surface area contributed by atoms with E-state index in [9.17, 15) is 18.0 Å². The third-order valence-electron chi connectivity index (χ3n) is 5.32. The summed E-state index contributed by atoms with van der Waals surface area (Å²) in [5.74, 6) is -1.28. The van der Waals surface area contributed by atoms with Crippen LogP contribution in [0.4, 0.5) is 13.2 Å². The molecule has 1 amide bonds. The Hall–Kier alpha value is -2.18. The van der Waals surface area contributed by atoms with E-state index in [0.29, 0.717) is 12.5 Å². The zero-order valence-corrected chi connectivity index (χ0v) is 18.5. The van der Waals surface area contributed by atoms with Gasteiger partial charge >= 0.3 is 12.1 Å². The van der Waals surface area contributed by atoms with Crippen molar-refractivity contribution in [2.75, 3.05) is 47.0 Å². The number of aliphatic carboxylic acids is 1. The molecular weight excluding hydrogens is 435 g/mol. The van der Waals surface area contributed by atoms with E-state index in [-0.39, 0.29) is 18.1 Å². The summed E-state index contributed by atoms with van der Waals surface area (Å²) in [4.78, 5) is 24.3. The second kappa shape index (κ2) is 11.1. The highest BCUT2D eigenvalue weighted by Gasteiger charge is 2.47. The second-order valence-electron chi connectivity index (χ2n) is 8.40. The Balaban J connectivity index is 0.000000451. The van der Waals surface area contributed by atoms with E-state index in [1.807, 2.05) is 13.0 Å². The molecule has 9 nitrogen and oxygen atoms in total. The number of aryl methyl sites for hydroxylation is 1. The van der Waals surface area contributed by atoms with Gasteiger partial charge in [-0.15, -0.1) is 0 Å². The third-order valence-corrected chi connectivity index (χ3v) is 5.32. The van der Waals surface area contributed by atoms with Crippen molar-refractivity contribution in [3.05, 3.63) is 17.5 Å². The first-order valence-corrected chi connectivity index (χ1v) is 10.3. The van der Waals surface area contributed by atoms with Crippen molar-refractivity contribution in [1.29, 1.82) is 0 Å². The zero-order chi connectivity index (χ0) is 23.9. The molecule has 0 aromatic carbocycles. The number of halogens is 3. The first-order chi connectivity index (χ1) is 14.9. The molecule has 12 heteroatoms. The van der Waals surface area contributed by atoms with E-state index in [4.69, 9.17) is 23.9 Å². The number of hydrogen-bond acceptors (Lipinski definition) is 7. The van der Waals surface area contributed by atoms with Gasteiger partial charge in [0.2, 0.25) is 5.91 Å². The molecule has 32 heavy (non-hydrogen) atoms. The maximum atomic E-state index is 11.5. The number of ether oxygens (including phenoxy) is 2. The molecule has 0 radical (unpaired) electrons. The fourth-order valence-corrected chi connectivity index (χ4v) is 3.74. The fraction of sp³-hybridized carbons (Fsp3) is 0.750. The highest BCUT2D eigenvalue weighted by atomic mass is 19.4. The summed E-state index contributed by atoms with van der Waals surface area (Å²) in [6.45, 7) is 6.28. The highest BCUT2D eigenvalue weighted by molar-refractivity contribution is 5.76. The van der Waals surface area contributed by atoms with Crippen LogP contribution in [0.1, 0.15) is 30.7 Å². The van der Waals surface area contributed by atoms with Gasteiger partial charge in [-0.1, -0.05) is 5.16 Å². The Bertz CT molecular complexity index is 762. The van der Waals surface area contributed by atoms with E-state index in [0.717, 1.165) is 57.0 Å². The van der Waals surface area contributed by atoms with Crippen LogP contribution in [-0.4, -0.2) is 90.7 Å². The SMILES string of the molecule is Cc1cc(CN2CC3(CC(CCOCC(=O)N(C)C)CCO3)C2)no1.O=C(O)C(F)(F)F. The summed E-state index contributed by atoms with van der Waals surface area (Å²) in [5, 5.41) is 11.2. The van der Waals surface area contributed by atoms with E-state index in [1.54, 1.807) is 19.0 Å². The summed E-state index contributed by atoms with van der Waals surface area (Å²) >= 11 is 0. The van der Waals surface area contributed by atoms with Gasteiger partial charge in [-0.25, -0.2) is 4.79 Å². The molecule has 2 aliphatic heterocycles. The Morgan fingerprint density at radius 3 is 2.56 bits per heavy atom. The molecule has 1 atom stereocenters. The summed E-state index contributed by atoms with van der Waals surface area (Å²) in [6, 6.07) is 1.99. The van der Waals surface area contributed by atoms with Crippen LogP contribution in [0.25, 0.3) is 0 Å². The van der Waals surface area contributed by atoms with Gasteiger partial charge in [-0.05, 0) is 32.1 Å². The van der Waals surface area contributed by atoms with Gasteiger partial charge in [0.25, 0.3) is 0 Å². The summed E-state index contributed by atoms with van der Waals surface area (Å²) in [7, 11) is 3.49. The number of hydrogen-bond donors (Lipinski definition) is 1. The van der Waals surface area contributed by atoms with Gasteiger partial charge in [-0.2, -0.15) is 13.2 Å². The van der Waals surface area contributed by atoms with Crippen molar-refractivity contribution >= 4 is 11.9 Å². The van der Waals surface area contributed by atoms with Crippen LogP contribution in [-0.2, 0) is 25.6 Å². The van der Waals surface area contributed by atoms with Gasteiger partial charge in [-0.3, -0.25) is 9.69 Å². The van der Waals surface area contributed by atoms with Gasteiger partial charge in [0.1, 0.15) is 12.4 Å². The lowest BCUT2D eigenvalue weighted by Gasteiger charge is -2.53. The summed E-state index contributed by atoms with van der Waals surface area (Å²) in [5.41, 5.74) is 0.986. The normalized spacial score (nSPS) is 20.2. The molecule has 0 aliphatic carbocycles. The van der Waals surface area contributed by atoms with Gasteiger partial charge < -0.3 is 24.0 Å². The molecule has 3 heterocycles. The number of likely N-dealkylation sites (tertiary alicyclic amines) is 1. The minimum atomic E-state index is -5.08. The highest BCUT2D eigenvalue weighted by Crippen LogP contribution is 2.38. The lowest BCUT2D eigenvalue weighted by molar-refractivity contribution is -0.192. The average Bonchev–Trinajstić information content (AvgIpc) is 3.08. The number of carboxylic acids is 1. The standard InChI is InChI=1S/C18H29N3O4.C2HF3O2/c1-14-8-16(19-25-14)10-21-12-18(13-21)9-15(5-7-24-18)4-6-23-11-17(22)20(2)3;3-2(4,5)1(6)7/h8,15H,4-7,9-13H2,1-3H3;(H,6,7). The Labute approximate surface area is 184 Å². The number of aromatic nitrogens is 1. The molecule has 2 fully saturated rings. The number of carbonyl (C=O) groups is 2. The molecule has 1 aromatic rings. The van der Waals surface area contributed by atoms with Crippen LogP contribution in [0.3, 0.4) is 0 Å². The van der Waals surface area contributed by atoms with Crippen LogP contribution in [0.15, 0.2) is 10.6 Å². The molecule has 3 rings (SSSR count). The monoisotopic (exact) mass is 465 g/mol. The molecule has 1 unspecified atom stereocenters. The van der Waals surface area contributed by atoms with Crippen molar-refractivity contribution in [2.45, 2.75) is 44.5 Å². The van der Waals surface area contributed by atoms with Crippen LogP contribution < -0.4 is 0 Å². The predicted octanol–water partition coefficient (Wildman–Crippen LogP) is 2.09. The van der Waals surface area contributed by atoms with Gasteiger partial charge in [0.05, 0.1) is 11.3 Å². The fourth-order valence-electron chi connectivity index (χ4n) is 3.74. The van der Waals surface area contributed by atoms with Crippen molar-refractivity contribution in [1.82, 2.24) is 15.0 Å². The topological polar surface area (TPSA) is 105 Å². The number of nitrogens with zero attached hydrogens (tertiary/aromatic N) is 3. The van der Waals surface area contributed by atoms with Crippen molar-refractivity contribution in [3.8, 4) is 0 Å². The number of carboxylic acid groups (broad SMARTS) is 1. The number of alkyl halides is 3. The van der Waals surface area contributed by atoms with Crippen molar-refractivity contribution < 1.29 is 41.9 Å². The number of amides is 1. The van der Waals surface area contributed by atoms with Crippen LogP contribution in [0.5, 0.6) is 0 Å². The minimum Gasteiger partial charge on any atom is -0.475 e. The average molecular weight is 465 g/mol. The van der Waals surface area contributed by atoms with Gasteiger partial charge in [0, 0.05) is 53.0 Å². The zero-order valence-electron chi connectivity index (χ0n) is 18.5. The largest absolute Gasteiger partial charge is 0.490 e. The Morgan fingerprint density at radius 2 is 2.03 bits per heavy atom. The number of rotatable bonds is 7. The summed E-state index contributed by atoms with van der Waals surface area (Å²) < 4.78 is 48.5. The minimum absolute atomic E-state index is 0.00114. The van der Waals surface area contributed by atoms with Crippen LogP contribution in [0.2, 0.25) is 0 Å². The molecule has 2 aliphatic rings. The van der Waals surface area contributed by atoms with Crippen LogP contribution in [0, 0.1) is 12.8 Å². The first-order valence-electron chi connectivity index (χ1n) is 10.3. The van der Waals surface area contributed by atoms with Crippen LogP contribution >= 0.6 is 0 Å². The molecule has 2 saturated heterocycles. The summed E-state index contributed by atoms with van der Waals surface area (Å²) in [6.07, 6.45) is -1.93. The van der Waals surface area contributed by atoms with Gasteiger partial charge in [0.15, 0.2) is 0 Å². The van der Waals surface area contributed by atoms with E-state index in [1.165, 1.54) is 0 Å². The van der Waals surface area contributed by atoms with E-state index in [2.05, 4.69) is 10.1 Å². The Morgan fingerprint density at radius 1 is 1.38 bits per heavy atom. The van der Waals surface area contributed by atoms with Crippen molar-refractivity contribution in [2.24, 2.45) is 5.92 Å². The smallest absolute Gasteiger partial charge is 0.475 e. The molecule has 1 spiro atoms. The first kappa shape index (κ1) is 26.1. The lowest BCUT2D eigenvalue weighted by atomic mass is 9.79. The third kappa shape index (κ3) is 8.06. The number of carbonyl (C=O) groups excluding carboxylic acids is 1. The lowest BCUT2D eigenvalue weighted by Crippen LogP contribution is -2.64. The molecule has 1 N–H and O–H groups in total. The molecule has 0 bridgehead atoms. The maximum absolute atomic E-state index is 11.5. The molecule has 0 saturated carbocycles. The number of likely N-dealkylation sites (N-methyl/N-ethyl adjacent to an activating group) is 1. The predicted molar refractivity (Wildman–Crippen MR) is 106 cm³/mol. The van der Waals surface area contributed by atoms with E-state index < -0.39 is 12.1 Å². The second-order valence-corrected chi connectivity index (χ2v) is 8.40. The molecule has 1 aromatic heterocycles.